The van der Waals surface area contributed by atoms with Crippen molar-refractivity contribution >= 4 is 38.4 Å². The molecular formula is C18H22N4O3S2. The van der Waals surface area contributed by atoms with Crippen molar-refractivity contribution in [3.8, 4) is 11.4 Å². The number of aryl methyl sites for hydroxylation is 1. The van der Waals surface area contributed by atoms with Crippen LogP contribution in [0.25, 0.3) is 21.6 Å². The van der Waals surface area contributed by atoms with E-state index < -0.39 is 11.2 Å². The summed E-state index contributed by atoms with van der Waals surface area (Å²) in [6.45, 7) is 4.52. The van der Waals surface area contributed by atoms with Crippen molar-refractivity contribution in [1.29, 1.82) is 0 Å². The van der Waals surface area contributed by atoms with E-state index in [1.807, 2.05) is 6.07 Å². The van der Waals surface area contributed by atoms with Gasteiger partial charge in [0, 0.05) is 36.8 Å². The molecule has 0 aliphatic carbocycles. The van der Waals surface area contributed by atoms with Gasteiger partial charge in [0.05, 0.1) is 24.3 Å². The van der Waals surface area contributed by atoms with Gasteiger partial charge in [-0.1, -0.05) is 25.2 Å². The number of anilines is 1. The summed E-state index contributed by atoms with van der Waals surface area (Å²) in [5.74, 6) is 0.561. The summed E-state index contributed by atoms with van der Waals surface area (Å²) in [5, 5.41) is 0.836. The van der Waals surface area contributed by atoms with Gasteiger partial charge in [0.2, 0.25) is 4.21 Å². The van der Waals surface area contributed by atoms with Gasteiger partial charge in [0.1, 0.15) is 16.3 Å². The van der Waals surface area contributed by atoms with Crippen LogP contribution in [-0.4, -0.2) is 38.6 Å². The van der Waals surface area contributed by atoms with Crippen LogP contribution in [0.1, 0.15) is 25.3 Å². The van der Waals surface area contributed by atoms with Crippen molar-refractivity contribution in [1.82, 2.24) is 14.5 Å². The highest BCUT2D eigenvalue weighted by atomic mass is 32.2. The van der Waals surface area contributed by atoms with Crippen molar-refractivity contribution in [2.45, 2.75) is 24.0 Å². The van der Waals surface area contributed by atoms with Gasteiger partial charge in [-0.3, -0.25) is 4.79 Å². The zero-order chi connectivity index (χ0) is 19.7. The number of nitrogens with two attached hydrogens (primary N) is 1. The molecule has 0 aliphatic heterocycles. The Morgan fingerprint density at radius 3 is 2.74 bits per heavy atom. The van der Waals surface area contributed by atoms with Gasteiger partial charge < -0.3 is 19.6 Å². The molecule has 0 radical (unpaired) electrons. The number of rotatable bonds is 6. The largest absolute Gasteiger partial charge is 0.611 e. The van der Waals surface area contributed by atoms with Crippen LogP contribution in [0.4, 0.5) is 5.69 Å². The first-order valence-corrected chi connectivity index (χ1v) is 10.6. The Bertz CT molecular complexity index is 1030. The zero-order valence-corrected chi connectivity index (χ0v) is 17.3. The van der Waals surface area contributed by atoms with E-state index in [-0.39, 0.29) is 11.5 Å². The van der Waals surface area contributed by atoms with E-state index in [1.165, 1.54) is 28.3 Å². The average Bonchev–Trinajstić information content (AvgIpc) is 2.98. The smallest absolute Gasteiger partial charge is 0.253 e. The van der Waals surface area contributed by atoms with Gasteiger partial charge in [-0.05, 0) is 17.5 Å². The highest BCUT2D eigenvalue weighted by Gasteiger charge is 2.25. The molecule has 0 aromatic carbocycles. The van der Waals surface area contributed by atoms with Gasteiger partial charge in [-0.25, -0.2) is 9.97 Å². The summed E-state index contributed by atoms with van der Waals surface area (Å²) in [4.78, 5) is 21.7. The number of thiophene rings is 1. The van der Waals surface area contributed by atoms with E-state index in [0.29, 0.717) is 38.5 Å². The second-order valence-corrected chi connectivity index (χ2v) is 9.27. The first kappa shape index (κ1) is 19.8. The Morgan fingerprint density at radius 1 is 1.37 bits per heavy atom. The summed E-state index contributed by atoms with van der Waals surface area (Å²) >= 11 is 0.0799. The van der Waals surface area contributed by atoms with Crippen LogP contribution in [0.5, 0.6) is 0 Å². The van der Waals surface area contributed by atoms with E-state index >= 15 is 0 Å². The second kappa shape index (κ2) is 7.97. The zero-order valence-electron chi connectivity index (χ0n) is 15.7. The predicted molar refractivity (Wildman–Crippen MR) is 110 cm³/mol. The topological polar surface area (TPSA) is 106 Å². The first-order valence-electron chi connectivity index (χ1n) is 8.46. The SMILES string of the molecule is COCC[S@@+]([O-])c1sc2nc(-c3cc(=O)n(C)cn3)cc(C(C)C)c2c1N. The van der Waals surface area contributed by atoms with Crippen LogP contribution >= 0.6 is 11.3 Å². The highest BCUT2D eigenvalue weighted by Crippen LogP contribution is 2.41. The molecule has 0 amide bonds. The van der Waals surface area contributed by atoms with Crippen molar-refractivity contribution in [2.24, 2.45) is 7.05 Å². The molecule has 2 N–H and O–H groups in total. The number of nitrogens with zero attached hydrogens (tertiary/aromatic N) is 3. The van der Waals surface area contributed by atoms with Crippen molar-refractivity contribution in [3.05, 3.63) is 34.4 Å². The fourth-order valence-corrected chi connectivity index (χ4v) is 5.31. The number of methoxy groups -OCH3 is 1. The monoisotopic (exact) mass is 406 g/mol. The van der Waals surface area contributed by atoms with E-state index in [1.54, 1.807) is 14.2 Å². The number of hydrogen-bond acceptors (Lipinski definition) is 7. The van der Waals surface area contributed by atoms with Gasteiger partial charge in [0.25, 0.3) is 5.56 Å². The molecule has 3 rings (SSSR count). The van der Waals surface area contributed by atoms with Crippen LogP contribution in [0, 0.1) is 0 Å². The molecule has 3 aromatic heterocycles. The van der Waals surface area contributed by atoms with E-state index in [9.17, 15) is 9.35 Å². The lowest BCUT2D eigenvalue weighted by atomic mass is 9.99. The third-order valence-electron chi connectivity index (χ3n) is 4.24. The Hall–Kier alpha value is -1.94. The van der Waals surface area contributed by atoms with Gasteiger partial charge in [0.15, 0.2) is 0 Å². The molecule has 0 saturated carbocycles. The first-order chi connectivity index (χ1) is 12.8. The highest BCUT2D eigenvalue weighted by molar-refractivity contribution is 7.93. The second-order valence-electron chi connectivity index (χ2n) is 6.50. The normalized spacial score (nSPS) is 12.8. The third kappa shape index (κ3) is 3.86. The molecular weight excluding hydrogens is 384 g/mol. The van der Waals surface area contributed by atoms with E-state index in [4.69, 9.17) is 10.5 Å². The number of ether oxygens (including phenoxy) is 1. The minimum absolute atomic E-state index is 0.153. The number of nitrogen functional groups attached to an aromatic ring is 1. The number of hydrogen-bond donors (Lipinski definition) is 1. The molecule has 9 heteroatoms. The minimum atomic E-state index is -1.25. The number of aromatic nitrogens is 3. The molecule has 144 valence electrons. The van der Waals surface area contributed by atoms with Gasteiger partial charge in [-0.15, -0.1) is 0 Å². The fourth-order valence-electron chi connectivity index (χ4n) is 2.74. The molecule has 0 spiro atoms. The molecule has 0 saturated heterocycles. The van der Waals surface area contributed by atoms with Crippen LogP contribution < -0.4 is 11.3 Å². The van der Waals surface area contributed by atoms with E-state index in [0.717, 1.165) is 10.9 Å². The molecule has 1 atom stereocenters. The standard InChI is InChI=1S/C18H22N4O3S2/c1-10(2)11-7-13(12-8-14(23)22(3)9-20-12)21-17-15(11)16(19)18(26-17)27(24)6-5-25-4/h7-10H,5-6,19H2,1-4H3/t27-/m1/s1. The van der Waals surface area contributed by atoms with Crippen molar-refractivity contribution in [2.75, 3.05) is 25.2 Å². The molecule has 0 fully saturated rings. The summed E-state index contributed by atoms with van der Waals surface area (Å²) in [7, 11) is 3.23. The quantitative estimate of drug-likeness (QED) is 0.631. The van der Waals surface area contributed by atoms with Gasteiger partial charge >= 0.3 is 0 Å². The molecule has 0 bridgehead atoms. The van der Waals surface area contributed by atoms with Crippen LogP contribution in [0.2, 0.25) is 0 Å². The lowest BCUT2D eigenvalue weighted by Crippen LogP contribution is -2.16. The Labute approximate surface area is 164 Å². The molecule has 0 aliphatic rings. The maximum absolute atomic E-state index is 12.6. The fraction of sp³-hybridized carbons (Fsp3) is 0.389. The van der Waals surface area contributed by atoms with E-state index in [2.05, 4.69) is 23.8 Å². The molecule has 3 aromatic rings. The number of pyridine rings is 1. The summed E-state index contributed by atoms with van der Waals surface area (Å²) in [5.41, 5.74) is 8.84. The van der Waals surface area contributed by atoms with Crippen LogP contribution in [0.15, 0.2) is 27.5 Å². The molecule has 3 heterocycles. The van der Waals surface area contributed by atoms with Crippen molar-refractivity contribution < 1.29 is 9.29 Å². The summed E-state index contributed by atoms with van der Waals surface area (Å²) < 4.78 is 19.6. The van der Waals surface area contributed by atoms with Crippen LogP contribution in [-0.2, 0) is 23.0 Å². The third-order valence-corrected chi connectivity index (χ3v) is 7.11. The minimum Gasteiger partial charge on any atom is -0.611 e. The number of fused-ring (bicyclic) bond motifs is 1. The Kier molecular flexibility index (Phi) is 5.85. The Balaban J connectivity index is 2.18. The molecule has 0 unspecified atom stereocenters. The van der Waals surface area contributed by atoms with Gasteiger partial charge in [-0.2, -0.15) is 0 Å². The maximum atomic E-state index is 12.6. The van der Waals surface area contributed by atoms with Crippen LogP contribution in [0.3, 0.4) is 0 Å². The van der Waals surface area contributed by atoms with Crippen molar-refractivity contribution in [3.63, 3.8) is 0 Å². The summed E-state index contributed by atoms with van der Waals surface area (Å²) in [6, 6.07) is 3.38. The molecule has 27 heavy (non-hydrogen) atoms. The maximum Gasteiger partial charge on any atom is 0.253 e. The lowest BCUT2D eigenvalue weighted by molar-refractivity contribution is 0.217. The Morgan fingerprint density at radius 2 is 2.11 bits per heavy atom. The predicted octanol–water partition coefficient (Wildman–Crippen LogP) is 2.52. The summed E-state index contributed by atoms with van der Waals surface area (Å²) in [6.07, 6.45) is 1.48. The lowest BCUT2D eigenvalue weighted by Gasteiger charge is -2.11. The molecule has 7 nitrogen and oxygen atoms in total. The average molecular weight is 407 g/mol.